The van der Waals surface area contributed by atoms with Crippen molar-refractivity contribution < 1.29 is 14.6 Å². The SMILES string of the molecule is O=C(O)CCN1c2ccccc2Oc2ccccc21. The van der Waals surface area contributed by atoms with Crippen LogP contribution in [0.15, 0.2) is 48.5 Å². The summed E-state index contributed by atoms with van der Waals surface area (Å²) in [6, 6.07) is 15.3. The van der Waals surface area contributed by atoms with Crippen LogP contribution in [0.1, 0.15) is 6.42 Å². The number of aliphatic carboxylic acids is 1. The molecular formula is C15H13NO3. The zero-order valence-electron chi connectivity index (χ0n) is 10.2. The molecule has 1 N–H and O–H groups in total. The number of hydrogen-bond donors (Lipinski definition) is 1. The number of carboxylic acids is 1. The Bertz CT molecular complexity index is 579. The molecule has 0 bridgehead atoms. The standard InChI is InChI=1S/C15H13NO3/c17-15(18)9-10-16-11-5-1-3-7-13(11)19-14-8-4-2-6-12(14)16/h1-8H,9-10H2,(H,17,18). The van der Waals surface area contributed by atoms with Crippen LogP contribution in [0, 0.1) is 0 Å². The van der Waals surface area contributed by atoms with Crippen molar-refractivity contribution in [1.82, 2.24) is 0 Å². The van der Waals surface area contributed by atoms with Crippen LogP contribution in [0.4, 0.5) is 11.4 Å². The van der Waals surface area contributed by atoms with Gasteiger partial charge in [0.25, 0.3) is 0 Å². The zero-order chi connectivity index (χ0) is 13.2. The predicted molar refractivity (Wildman–Crippen MR) is 72.2 cm³/mol. The number of hydrogen-bond acceptors (Lipinski definition) is 3. The van der Waals surface area contributed by atoms with Crippen LogP contribution in [0.2, 0.25) is 0 Å². The molecule has 0 amide bonds. The maximum atomic E-state index is 10.8. The second kappa shape index (κ2) is 4.65. The summed E-state index contributed by atoms with van der Waals surface area (Å²) in [6.45, 7) is 0.423. The smallest absolute Gasteiger partial charge is 0.305 e. The average molecular weight is 255 g/mol. The van der Waals surface area contributed by atoms with Crippen molar-refractivity contribution >= 4 is 17.3 Å². The van der Waals surface area contributed by atoms with Gasteiger partial charge in [0.2, 0.25) is 0 Å². The Morgan fingerprint density at radius 3 is 2.05 bits per heavy atom. The summed E-state index contributed by atoms with van der Waals surface area (Å²) in [5.74, 6) is 0.708. The quantitative estimate of drug-likeness (QED) is 0.913. The molecule has 19 heavy (non-hydrogen) atoms. The number of fused-ring (bicyclic) bond motifs is 2. The molecule has 0 fully saturated rings. The maximum Gasteiger partial charge on any atom is 0.305 e. The van der Waals surface area contributed by atoms with Gasteiger partial charge in [0, 0.05) is 6.54 Å². The number of ether oxygens (including phenoxy) is 1. The molecule has 0 unspecified atom stereocenters. The summed E-state index contributed by atoms with van der Waals surface area (Å²) in [7, 11) is 0. The predicted octanol–water partition coefficient (Wildman–Crippen LogP) is 3.41. The van der Waals surface area contributed by atoms with Gasteiger partial charge in [-0.3, -0.25) is 4.79 Å². The van der Waals surface area contributed by atoms with E-state index in [1.807, 2.05) is 53.4 Å². The normalized spacial score (nSPS) is 12.3. The number of nitrogens with zero attached hydrogens (tertiary/aromatic N) is 1. The molecule has 0 spiro atoms. The summed E-state index contributed by atoms with van der Waals surface area (Å²) < 4.78 is 5.83. The summed E-state index contributed by atoms with van der Waals surface area (Å²) in [5.41, 5.74) is 1.81. The van der Waals surface area contributed by atoms with E-state index < -0.39 is 5.97 Å². The third-order valence-electron chi connectivity index (χ3n) is 3.08. The number of para-hydroxylation sites is 4. The summed E-state index contributed by atoms with van der Waals surface area (Å²) in [5, 5.41) is 8.88. The van der Waals surface area contributed by atoms with Gasteiger partial charge in [0.15, 0.2) is 11.5 Å². The highest BCUT2D eigenvalue weighted by molar-refractivity contribution is 5.79. The minimum atomic E-state index is -0.804. The average Bonchev–Trinajstić information content (AvgIpc) is 2.43. The summed E-state index contributed by atoms with van der Waals surface area (Å²) in [4.78, 5) is 12.8. The molecule has 0 aliphatic carbocycles. The molecule has 1 aliphatic rings. The molecule has 1 aliphatic heterocycles. The van der Waals surface area contributed by atoms with E-state index in [-0.39, 0.29) is 6.42 Å². The number of carboxylic acid groups (broad SMARTS) is 1. The molecule has 2 aromatic carbocycles. The van der Waals surface area contributed by atoms with Crippen LogP contribution in [0.5, 0.6) is 11.5 Å². The number of rotatable bonds is 3. The van der Waals surface area contributed by atoms with E-state index in [9.17, 15) is 4.79 Å². The molecule has 3 rings (SSSR count). The van der Waals surface area contributed by atoms with Crippen LogP contribution >= 0.6 is 0 Å². The van der Waals surface area contributed by atoms with E-state index in [1.165, 1.54) is 0 Å². The van der Waals surface area contributed by atoms with Crippen LogP contribution < -0.4 is 9.64 Å². The molecule has 4 nitrogen and oxygen atoms in total. The van der Waals surface area contributed by atoms with Crippen molar-refractivity contribution in [2.75, 3.05) is 11.4 Å². The summed E-state index contributed by atoms with van der Waals surface area (Å²) >= 11 is 0. The van der Waals surface area contributed by atoms with Crippen LogP contribution in [-0.4, -0.2) is 17.6 Å². The lowest BCUT2D eigenvalue weighted by Crippen LogP contribution is -2.24. The Labute approximate surface area is 110 Å². The fraction of sp³-hybridized carbons (Fsp3) is 0.133. The van der Waals surface area contributed by atoms with Gasteiger partial charge in [-0.2, -0.15) is 0 Å². The van der Waals surface area contributed by atoms with Gasteiger partial charge in [-0.25, -0.2) is 0 Å². The topological polar surface area (TPSA) is 49.8 Å². The largest absolute Gasteiger partial charge is 0.481 e. The Hall–Kier alpha value is -2.49. The second-order valence-electron chi connectivity index (χ2n) is 4.33. The number of benzene rings is 2. The number of anilines is 2. The molecule has 0 aromatic heterocycles. The molecule has 1 heterocycles. The Morgan fingerprint density at radius 2 is 1.53 bits per heavy atom. The molecule has 2 aromatic rings. The van der Waals surface area contributed by atoms with E-state index in [4.69, 9.17) is 9.84 Å². The first kappa shape index (κ1) is 11.6. The van der Waals surface area contributed by atoms with E-state index in [1.54, 1.807) is 0 Å². The lowest BCUT2D eigenvalue weighted by molar-refractivity contribution is -0.136. The Kier molecular flexibility index (Phi) is 2.83. The van der Waals surface area contributed by atoms with Crippen molar-refractivity contribution in [3.05, 3.63) is 48.5 Å². The van der Waals surface area contributed by atoms with Crippen LogP contribution in [0.25, 0.3) is 0 Å². The van der Waals surface area contributed by atoms with E-state index in [0.717, 1.165) is 22.9 Å². The van der Waals surface area contributed by atoms with Crippen LogP contribution in [0.3, 0.4) is 0 Å². The van der Waals surface area contributed by atoms with Crippen molar-refractivity contribution in [2.24, 2.45) is 0 Å². The molecule has 96 valence electrons. The van der Waals surface area contributed by atoms with Gasteiger partial charge < -0.3 is 14.7 Å². The van der Waals surface area contributed by atoms with E-state index in [0.29, 0.717) is 6.54 Å². The lowest BCUT2D eigenvalue weighted by atomic mass is 10.1. The van der Waals surface area contributed by atoms with Crippen molar-refractivity contribution in [3.8, 4) is 11.5 Å². The minimum absolute atomic E-state index is 0.0860. The van der Waals surface area contributed by atoms with E-state index >= 15 is 0 Å². The van der Waals surface area contributed by atoms with Gasteiger partial charge in [0.1, 0.15) is 0 Å². The third kappa shape index (κ3) is 2.12. The maximum absolute atomic E-state index is 10.8. The van der Waals surface area contributed by atoms with Gasteiger partial charge in [-0.1, -0.05) is 24.3 Å². The van der Waals surface area contributed by atoms with Gasteiger partial charge in [0.05, 0.1) is 17.8 Å². The fourth-order valence-corrected chi connectivity index (χ4v) is 2.23. The molecule has 0 atom stereocenters. The van der Waals surface area contributed by atoms with Gasteiger partial charge >= 0.3 is 5.97 Å². The highest BCUT2D eigenvalue weighted by atomic mass is 16.5. The molecule has 4 heteroatoms. The summed E-state index contributed by atoms with van der Waals surface area (Å²) in [6.07, 6.45) is 0.0860. The van der Waals surface area contributed by atoms with Crippen molar-refractivity contribution in [2.45, 2.75) is 6.42 Å². The first-order valence-corrected chi connectivity index (χ1v) is 6.11. The third-order valence-corrected chi connectivity index (χ3v) is 3.08. The zero-order valence-corrected chi connectivity index (χ0v) is 10.2. The first-order chi connectivity index (χ1) is 9.25. The van der Waals surface area contributed by atoms with Gasteiger partial charge in [-0.05, 0) is 24.3 Å². The highest BCUT2D eigenvalue weighted by Gasteiger charge is 2.23. The Morgan fingerprint density at radius 1 is 1.00 bits per heavy atom. The molecule has 0 saturated heterocycles. The number of carbonyl (C=O) groups is 1. The van der Waals surface area contributed by atoms with Crippen molar-refractivity contribution in [1.29, 1.82) is 0 Å². The van der Waals surface area contributed by atoms with Gasteiger partial charge in [-0.15, -0.1) is 0 Å². The monoisotopic (exact) mass is 255 g/mol. The fourth-order valence-electron chi connectivity index (χ4n) is 2.23. The first-order valence-electron chi connectivity index (χ1n) is 6.11. The second-order valence-corrected chi connectivity index (χ2v) is 4.33. The minimum Gasteiger partial charge on any atom is -0.481 e. The highest BCUT2D eigenvalue weighted by Crippen LogP contribution is 2.46. The Balaban J connectivity index is 2.03. The molecule has 0 radical (unpaired) electrons. The van der Waals surface area contributed by atoms with Crippen LogP contribution in [-0.2, 0) is 4.79 Å². The van der Waals surface area contributed by atoms with Crippen molar-refractivity contribution in [3.63, 3.8) is 0 Å². The lowest BCUT2D eigenvalue weighted by Gasteiger charge is -2.32. The molecular weight excluding hydrogens is 242 g/mol. The molecule has 0 saturated carbocycles. The van der Waals surface area contributed by atoms with E-state index in [2.05, 4.69) is 0 Å².